The van der Waals surface area contributed by atoms with Crippen LogP contribution in [0.5, 0.6) is 0 Å². The molecule has 6 nitrogen and oxygen atoms in total. The number of nitrogens with two attached hydrogens (primary N) is 1. The molecule has 0 fully saturated rings. The van der Waals surface area contributed by atoms with Crippen molar-refractivity contribution in [3.8, 4) is 11.4 Å². The first-order valence-corrected chi connectivity index (χ1v) is 10.7. The largest absolute Gasteiger partial charge is 0.335 e. The summed E-state index contributed by atoms with van der Waals surface area (Å²) >= 11 is 13.4. The van der Waals surface area contributed by atoms with Crippen LogP contribution in [-0.4, -0.2) is 37.5 Å². The lowest BCUT2D eigenvalue weighted by atomic mass is 10.2. The normalized spacial score (nSPS) is 11.1. The Hall–Kier alpha value is -2.22. The van der Waals surface area contributed by atoms with E-state index in [1.54, 1.807) is 18.2 Å². The molecule has 0 aliphatic carbocycles. The molecular weight excluding hydrogens is 429 g/mol. The van der Waals surface area contributed by atoms with Gasteiger partial charge in [-0.2, -0.15) is 0 Å². The third-order valence-electron chi connectivity index (χ3n) is 4.30. The van der Waals surface area contributed by atoms with Crippen molar-refractivity contribution >= 4 is 40.9 Å². The van der Waals surface area contributed by atoms with E-state index in [1.165, 1.54) is 16.4 Å². The Bertz CT molecular complexity index is 994. The van der Waals surface area contributed by atoms with Crippen molar-refractivity contribution in [1.82, 2.24) is 19.8 Å². The Morgan fingerprint density at radius 1 is 1.17 bits per heavy atom. The van der Waals surface area contributed by atoms with Gasteiger partial charge in [0.2, 0.25) is 11.1 Å². The number of hydrogen-bond acceptors (Lipinski definition) is 5. The highest BCUT2D eigenvalue weighted by atomic mass is 35.5. The van der Waals surface area contributed by atoms with Gasteiger partial charge in [-0.15, -0.1) is 10.2 Å². The monoisotopic (exact) mass is 449 g/mol. The molecule has 152 valence electrons. The fraction of sp³-hybridized carbons (Fsp3) is 0.250. The van der Waals surface area contributed by atoms with E-state index < -0.39 is 0 Å². The molecule has 0 bridgehead atoms. The number of rotatable bonds is 7. The molecule has 2 aromatic carbocycles. The number of thioether (sulfide) groups is 1. The van der Waals surface area contributed by atoms with Crippen LogP contribution in [0.4, 0.5) is 0 Å². The maximum absolute atomic E-state index is 12.8. The van der Waals surface area contributed by atoms with E-state index in [4.69, 9.17) is 29.0 Å². The molecule has 0 atom stereocenters. The van der Waals surface area contributed by atoms with Crippen LogP contribution in [-0.2, 0) is 11.3 Å². The van der Waals surface area contributed by atoms with Gasteiger partial charge in [-0.05, 0) is 37.6 Å². The number of nitrogen functional groups attached to an aromatic ring is 1. The molecule has 1 amide bonds. The first-order chi connectivity index (χ1) is 13.9. The lowest BCUT2D eigenvalue weighted by Crippen LogP contribution is -2.37. The number of benzene rings is 2. The number of amides is 1. The van der Waals surface area contributed by atoms with E-state index in [0.717, 1.165) is 5.56 Å². The topological polar surface area (TPSA) is 77.0 Å². The van der Waals surface area contributed by atoms with Gasteiger partial charge in [0.25, 0.3) is 0 Å². The minimum Gasteiger partial charge on any atom is -0.335 e. The zero-order chi connectivity index (χ0) is 21.0. The molecule has 3 aromatic rings. The Morgan fingerprint density at radius 2 is 1.90 bits per heavy atom. The van der Waals surface area contributed by atoms with Gasteiger partial charge in [-0.25, -0.2) is 4.68 Å². The number of carbonyl (C=O) groups excluding carboxylic acids is 1. The van der Waals surface area contributed by atoms with Crippen LogP contribution in [0.1, 0.15) is 19.4 Å². The second kappa shape index (κ2) is 9.52. The van der Waals surface area contributed by atoms with Gasteiger partial charge in [0.05, 0.1) is 10.8 Å². The van der Waals surface area contributed by atoms with E-state index in [0.29, 0.717) is 33.1 Å². The van der Waals surface area contributed by atoms with Crippen molar-refractivity contribution in [1.29, 1.82) is 0 Å². The van der Waals surface area contributed by atoms with Gasteiger partial charge in [-0.1, -0.05) is 65.3 Å². The molecule has 0 radical (unpaired) electrons. The van der Waals surface area contributed by atoms with Crippen LogP contribution in [0.2, 0.25) is 10.0 Å². The van der Waals surface area contributed by atoms with Crippen LogP contribution in [0.15, 0.2) is 53.7 Å². The molecule has 9 heteroatoms. The highest BCUT2D eigenvalue weighted by Gasteiger charge is 2.20. The van der Waals surface area contributed by atoms with Crippen LogP contribution >= 0.6 is 35.0 Å². The standard InChI is InChI=1S/C20H21Cl2N5OS/c1-13(2)26(11-14-6-4-3-5-7-14)18(28)12-29-20-25-24-19(27(20)23)16-9-8-15(21)10-17(16)22/h3-10,13H,11-12,23H2,1-2H3. The molecule has 1 heterocycles. The van der Waals surface area contributed by atoms with Crippen molar-refractivity contribution in [3.05, 3.63) is 64.1 Å². The second-order valence-corrected chi connectivity index (χ2v) is 8.48. The van der Waals surface area contributed by atoms with Crippen LogP contribution in [0.25, 0.3) is 11.4 Å². The molecular formula is C20H21Cl2N5OS. The van der Waals surface area contributed by atoms with Gasteiger partial charge in [-0.3, -0.25) is 4.79 Å². The Kier molecular flexibility index (Phi) is 7.05. The highest BCUT2D eigenvalue weighted by Crippen LogP contribution is 2.30. The molecule has 0 spiro atoms. The lowest BCUT2D eigenvalue weighted by Gasteiger charge is -2.26. The van der Waals surface area contributed by atoms with E-state index in [-0.39, 0.29) is 17.7 Å². The summed E-state index contributed by atoms with van der Waals surface area (Å²) in [7, 11) is 0. The van der Waals surface area contributed by atoms with Crippen molar-refractivity contribution in [2.24, 2.45) is 0 Å². The number of carbonyl (C=O) groups is 1. The predicted octanol–water partition coefficient (Wildman–Crippen LogP) is 4.50. The van der Waals surface area contributed by atoms with Crippen LogP contribution < -0.4 is 5.84 Å². The average molecular weight is 450 g/mol. The summed E-state index contributed by atoms with van der Waals surface area (Å²) in [5.41, 5.74) is 1.71. The van der Waals surface area contributed by atoms with Gasteiger partial charge in [0.1, 0.15) is 0 Å². The van der Waals surface area contributed by atoms with Gasteiger partial charge in [0.15, 0.2) is 5.82 Å². The summed E-state index contributed by atoms with van der Waals surface area (Å²) in [6, 6.07) is 15.0. The molecule has 0 saturated carbocycles. The third-order valence-corrected chi connectivity index (χ3v) is 5.78. The molecule has 29 heavy (non-hydrogen) atoms. The second-order valence-electron chi connectivity index (χ2n) is 6.69. The first-order valence-electron chi connectivity index (χ1n) is 8.99. The quantitative estimate of drug-likeness (QED) is 0.424. The molecule has 0 aliphatic heterocycles. The summed E-state index contributed by atoms with van der Waals surface area (Å²) in [6.07, 6.45) is 0. The van der Waals surface area contributed by atoms with E-state index in [9.17, 15) is 4.79 Å². The molecule has 0 saturated heterocycles. The number of hydrogen-bond donors (Lipinski definition) is 1. The zero-order valence-corrected chi connectivity index (χ0v) is 18.4. The summed E-state index contributed by atoms with van der Waals surface area (Å²) in [5, 5.41) is 9.61. The van der Waals surface area contributed by atoms with Crippen LogP contribution in [0.3, 0.4) is 0 Å². The van der Waals surface area contributed by atoms with E-state index in [2.05, 4.69) is 10.2 Å². The summed E-state index contributed by atoms with van der Waals surface area (Å²) in [6.45, 7) is 4.55. The molecule has 0 unspecified atom stereocenters. The Labute approximate surface area is 184 Å². The van der Waals surface area contributed by atoms with Crippen molar-refractivity contribution < 1.29 is 4.79 Å². The average Bonchev–Trinajstić information content (AvgIpc) is 3.05. The minimum atomic E-state index is 0.00271. The van der Waals surface area contributed by atoms with Crippen LogP contribution in [0, 0.1) is 0 Å². The van der Waals surface area contributed by atoms with Gasteiger partial charge < -0.3 is 10.7 Å². The zero-order valence-electron chi connectivity index (χ0n) is 16.0. The summed E-state index contributed by atoms with van der Waals surface area (Å²) in [5.74, 6) is 6.76. The SMILES string of the molecule is CC(C)N(Cc1ccccc1)C(=O)CSc1nnc(-c2ccc(Cl)cc2Cl)n1N. The molecule has 0 aliphatic rings. The van der Waals surface area contributed by atoms with E-state index in [1.807, 2.05) is 49.1 Å². The summed E-state index contributed by atoms with van der Waals surface area (Å²) in [4.78, 5) is 14.6. The Morgan fingerprint density at radius 3 is 2.55 bits per heavy atom. The molecule has 2 N–H and O–H groups in total. The van der Waals surface area contributed by atoms with Crippen molar-refractivity contribution in [3.63, 3.8) is 0 Å². The highest BCUT2D eigenvalue weighted by molar-refractivity contribution is 7.99. The number of nitrogens with zero attached hydrogens (tertiary/aromatic N) is 4. The first kappa shape index (κ1) is 21.5. The van der Waals surface area contributed by atoms with Crippen molar-refractivity contribution in [2.75, 3.05) is 11.6 Å². The van der Waals surface area contributed by atoms with Gasteiger partial charge in [0, 0.05) is 23.2 Å². The van der Waals surface area contributed by atoms with Crippen molar-refractivity contribution in [2.45, 2.75) is 31.6 Å². The fourth-order valence-corrected chi connectivity index (χ4v) is 4.01. The number of aromatic nitrogens is 3. The maximum Gasteiger partial charge on any atom is 0.233 e. The molecule has 3 rings (SSSR count). The number of halogens is 2. The smallest absolute Gasteiger partial charge is 0.233 e. The van der Waals surface area contributed by atoms with Gasteiger partial charge >= 0.3 is 0 Å². The van der Waals surface area contributed by atoms with E-state index >= 15 is 0 Å². The molecule has 1 aromatic heterocycles. The lowest BCUT2D eigenvalue weighted by molar-refractivity contribution is -0.130. The third kappa shape index (κ3) is 5.23. The fourth-order valence-electron chi connectivity index (χ4n) is 2.78. The maximum atomic E-state index is 12.8. The minimum absolute atomic E-state index is 0.00271. The summed E-state index contributed by atoms with van der Waals surface area (Å²) < 4.78 is 1.34. The Balaban J connectivity index is 1.70. The predicted molar refractivity (Wildman–Crippen MR) is 118 cm³/mol.